The van der Waals surface area contributed by atoms with E-state index in [1.165, 1.54) is 36.9 Å². The van der Waals surface area contributed by atoms with Gasteiger partial charge < -0.3 is 14.8 Å². The number of rotatable bonds is 7. The van der Waals surface area contributed by atoms with E-state index < -0.39 is 0 Å². The lowest BCUT2D eigenvalue weighted by Gasteiger charge is -2.23. The molecule has 0 aliphatic carbocycles. The summed E-state index contributed by atoms with van der Waals surface area (Å²) in [5.74, 6) is 0.979. The van der Waals surface area contributed by atoms with Crippen molar-refractivity contribution in [3.63, 3.8) is 0 Å². The number of carbonyl (C=O) groups is 1. The lowest BCUT2D eigenvalue weighted by Crippen LogP contribution is -2.35. The van der Waals surface area contributed by atoms with Crippen molar-refractivity contribution in [3.05, 3.63) is 65.7 Å². The normalized spacial score (nSPS) is 16.3. The molecule has 0 aromatic heterocycles. The number of ether oxygens (including phenoxy) is 2. The summed E-state index contributed by atoms with van der Waals surface area (Å²) in [6.07, 6.45) is 6.05. The highest BCUT2D eigenvalue weighted by Crippen LogP contribution is 2.16. The maximum Gasteiger partial charge on any atom is 0.293 e. The molecule has 1 N–H and O–H groups in total. The second kappa shape index (κ2) is 12.3. The highest BCUT2D eigenvalue weighted by molar-refractivity contribution is 5.37. The van der Waals surface area contributed by atoms with E-state index in [4.69, 9.17) is 4.74 Å². The molecule has 0 amide bonds. The molecule has 2 aromatic rings. The van der Waals surface area contributed by atoms with E-state index in [0.717, 1.165) is 25.2 Å². The Morgan fingerprint density at radius 1 is 1.00 bits per heavy atom. The third-order valence-corrected chi connectivity index (χ3v) is 4.72. The van der Waals surface area contributed by atoms with Gasteiger partial charge in [-0.25, -0.2) is 0 Å². The third kappa shape index (κ3) is 10.1. The van der Waals surface area contributed by atoms with Crippen molar-refractivity contribution >= 4 is 6.47 Å². The third-order valence-electron chi connectivity index (χ3n) is 4.72. The predicted octanol–water partition coefficient (Wildman–Crippen LogP) is 5.15. The Balaban J connectivity index is 0.000000370. The lowest BCUT2D eigenvalue weighted by molar-refractivity contribution is -0.138. The molecule has 3 rings (SSSR count). The fourth-order valence-electron chi connectivity index (χ4n) is 3.17. The first kappa shape index (κ1) is 23.0. The number of nitrogens with one attached hydrogen (secondary N) is 1. The van der Waals surface area contributed by atoms with Gasteiger partial charge in [-0.3, -0.25) is 4.79 Å². The zero-order valence-electron chi connectivity index (χ0n) is 18.0. The molecule has 0 radical (unpaired) electrons. The van der Waals surface area contributed by atoms with Gasteiger partial charge in [-0.15, -0.1) is 0 Å². The maximum absolute atomic E-state index is 9.60. The van der Waals surface area contributed by atoms with Crippen molar-refractivity contribution < 1.29 is 14.3 Å². The van der Waals surface area contributed by atoms with Crippen LogP contribution in [0.1, 0.15) is 57.6 Å². The summed E-state index contributed by atoms with van der Waals surface area (Å²) in [4.78, 5) is 9.60. The Bertz CT molecular complexity index is 686. The van der Waals surface area contributed by atoms with Crippen LogP contribution in [0.15, 0.2) is 54.6 Å². The molecule has 2 aromatic carbocycles. The van der Waals surface area contributed by atoms with Crippen LogP contribution in [0.4, 0.5) is 0 Å². The van der Waals surface area contributed by atoms with Crippen molar-refractivity contribution in [2.24, 2.45) is 0 Å². The van der Waals surface area contributed by atoms with E-state index in [2.05, 4.69) is 64.7 Å². The summed E-state index contributed by atoms with van der Waals surface area (Å²) in [5.41, 5.74) is 2.36. The van der Waals surface area contributed by atoms with E-state index in [1.807, 2.05) is 20.8 Å². The Kier molecular flexibility index (Phi) is 9.72. The van der Waals surface area contributed by atoms with Gasteiger partial charge in [-0.2, -0.15) is 0 Å². The molecular formula is C25H35NO3. The van der Waals surface area contributed by atoms with E-state index >= 15 is 0 Å². The number of benzene rings is 2. The van der Waals surface area contributed by atoms with Gasteiger partial charge in [0.1, 0.15) is 11.4 Å². The smallest absolute Gasteiger partial charge is 0.293 e. The van der Waals surface area contributed by atoms with Crippen LogP contribution in [0, 0.1) is 0 Å². The Labute approximate surface area is 175 Å². The average molecular weight is 398 g/mol. The number of hydrogen-bond donors (Lipinski definition) is 1. The molecular weight excluding hydrogens is 362 g/mol. The zero-order valence-corrected chi connectivity index (χ0v) is 18.0. The summed E-state index contributed by atoms with van der Waals surface area (Å²) in [6.45, 7) is 7.89. The fraction of sp³-hybridized carbons (Fsp3) is 0.480. The van der Waals surface area contributed by atoms with Crippen LogP contribution in [0.3, 0.4) is 0 Å². The molecule has 158 valence electrons. The minimum atomic E-state index is -0.318. The van der Waals surface area contributed by atoms with Crippen molar-refractivity contribution in [1.29, 1.82) is 0 Å². The largest absolute Gasteiger partial charge is 0.494 e. The quantitative estimate of drug-likeness (QED) is 0.657. The molecule has 0 spiro atoms. The molecule has 1 aliphatic heterocycles. The molecule has 29 heavy (non-hydrogen) atoms. The summed E-state index contributed by atoms with van der Waals surface area (Å²) in [7, 11) is 0. The van der Waals surface area contributed by atoms with Gasteiger partial charge in [-0.1, -0.05) is 48.9 Å². The molecule has 1 atom stereocenters. The van der Waals surface area contributed by atoms with Crippen molar-refractivity contribution in [2.45, 2.75) is 64.5 Å². The minimum Gasteiger partial charge on any atom is -0.494 e. The molecule has 0 saturated carbocycles. The topological polar surface area (TPSA) is 47.6 Å². The maximum atomic E-state index is 9.60. The average Bonchev–Trinajstić information content (AvgIpc) is 2.71. The van der Waals surface area contributed by atoms with Gasteiger partial charge in [0.15, 0.2) is 0 Å². The van der Waals surface area contributed by atoms with Crippen LogP contribution >= 0.6 is 0 Å². The number of hydrogen-bond acceptors (Lipinski definition) is 4. The molecule has 1 unspecified atom stereocenters. The zero-order chi connectivity index (χ0) is 21.0. The first-order valence-corrected chi connectivity index (χ1v) is 10.6. The SMILES string of the molecule is CC(C)(C)OC=O.c1ccc(Cc2ccc(OCCC3CCCCN3)cc2)cc1. The van der Waals surface area contributed by atoms with Gasteiger partial charge >= 0.3 is 0 Å². The monoisotopic (exact) mass is 397 g/mol. The number of piperidine rings is 1. The molecule has 1 heterocycles. The van der Waals surface area contributed by atoms with E-state index in [1.54, 1.807) is 0 Å². The molecule has 0 bridgehead atoms. The van der Waals surface area contributed by atoms with Gasteiger partial charge in [0, 0.05) is 6.04 Å². The highest BCUT2D eigenvalue weighted by Gasteiger charge is 2.12. The van der Waals surface area contributed by atoms with Crippen LogP contribution < -0.4 is 10.1 Å². The van der Waals surface area contributed by atoms with E-state index in [0.29, 0.717) is 12.5 Å². The minimum absolute atomic E-state index is 0.318. The van der Waals surface area contributed by atoms with Gasteiger partial charge in [0.25, 0.3) is 6.47 Å². The number of carbonyl (C=O) groups excluding carboxylic acids is 1. The van der Waals surface area contributed by atoms with E-state index in [9.17, 15) is 4.79 Å². The second-order valence-corrected chi connectivity index (χ2v) is 8.42. The summed E-state index contributed by atoms with van der Waals surface area (Å²) in [5, 5.41) is 3.56. The molecule has 4 nitrogen and oxygen atoms in total. The summed E-state index contributed by atoms with van der Waals surface area (Å²) >= 11 is 0. The summed E-state index contributed by atoms with van der Waals surface area (Å²) < 4.78 is 10.4. The second-order valence-electron chi connectivity index (χ2n) is 8.42. The van der Waals surface area contributed by atoms with E-state index in [-0.39, 0.29) is 5.60 Å². The molecule has 1 aliphatic rings. The van der Waals surface area contributed by atoms with Crippen LogP contribution in [0.2, 0.25) is 0 Å². The lowest BCUT2D eigenvalue weighted by atomic mass is 10.0. The molecule has 1 fully saturated rings. The Morgan fingerprint density at radius 2 is 1.69 bits per heavy atom. The highest BCUT2D eigenvalue weighted by atomic mass is 16.5. The fourth-order valence-corrected chi connectivity index (χ4v) is 3.17. The van der Waals surface area contributed by atoms with Crippen molar-refractivity contribution in [3.8, 4) is 5.75 Å². The molecule has 1 saturated heterocycles. The first-order chi connectivity index (χ1) is 14.0. The van der Waals surface area contributed by atoms with Crippen molar-refractivity contribution in [1.82, 2.24) is 5.32 Å². The standard InChI is InChI=1S/C20H25NO.C5H10O2/c1-2-6-17(7-3-1)16-18-9-11-20(12-10-18)22-15-13-19-8-4-5-14-21-19;1-5(2,3)7-4-6/h1-3,6-7,9-12,19,21H,4-5,8,13-16H2;4H,1-3H3. The van der Waals surface area contributed by atoms with Gasteiger partial charge in [0.05, 0.1) is 6.61 Å². The van der Waals surface area contributed by atoms with Crippen LogP contribution in [0.25, 0.3) is 0 Å². The van der Waals surface area contributed by atoms with Crippen LogP contribution in [-0.2, 0) is 16.0 Å². The van der Waals surface area contributed by atoms with Gasteiger partial charge in [-0.05, 0) is 76.3 Å². The Hall–Kier alpha value is -2.33. The van der Waals surface area contributed by atoms with Gasteiger partial charge in [0.2, 0.25) is 0 Å². The Morgan fingerprint density at radius 3 is 2.24 bits per heavy atom. The first-order valence-electron chi connectivity index (χ1n) is 10.6. The van der Waals surface area contributed by atoms with Crippen molar-refractivity contribution in [2.75, 3.05) is 13.2 Å². The summed E-state index contributed by atoms with van der Waals surface area (Å²) in [6, 6.07) is 19.7. The van der Waals surface area contributed by atoms with Crippen LogP contribution in [0.5, 0.6) is 5.75 Å². The predicted molar refractivity (Wildman–Crippen MR) is 118 cm³/mol. The van der Waals surface area contributed by atoms with Crippen LogP contribution in [-0.4, -0.2) is 31.3 Å². The molecule has 4 heteroatoms.